The number of amides is 1. The lowest BCUT2D eigenvalue weighted by Crippen LogP contribution is -2.33. The number of carbonyl (C=O) groups is 1. The molecule has 3 heteroatoms. The van der Waals surface area contributed by atoms with E-state index in [0.29, 0.717) is 12.3 Å². The maximum absolute atomic E-state index is 12.5. The zero-order valence-corrected chi connectivity index (χ0v) is 14.7. The highest BCUT2D eigenvalue weighted by molar-refractivity contribution is 7.99. The van der Waals surface area contributed by atoms with Crippen molar-refractivity contribution in [1.82, 2.24) is 4.90 Å². The minimum Gasteiger partial charge on any atom is -0.326 e. The number of hydrogen-bond acceptors (Lipinski definition) is 2. The lowest BCUT2D eigenvalue weighted by molar-refractivity contribution is -0.133. The fraction of sp³-hybridized carbons (Fsp3) is 0.611. The van der Waals surface area contributed by atoms with Gasteiger partial charge in [-0.25, -0.2) is 0 Å². The van der Waals surface area contributed by atoms with Crippen molar-refractivity contribution in [2.45, 2.75) is 52.3 Å². The topological polar surface area (TPSA) is 20.3 Å². The third-order valence-corrected chi connectivity index (χ3v) is 5.04. The standard InChI is InChI=1S/C18H27NOS/c1-13(2)14-6-8-15(9-7-14)17-19(10-11-21-17)16(20)12-18(3,4)5/h6-9,13,17H,10-12H2,1-5H3. The maximum atomic E-state index is 12.5. The molecule has 1 aliphatic heterocycles. The highest BCUT2D eigenvalue weighted by atomic mass is 32.2. The van der Waals surface area contributed by atoms with E-state index >= 15 is 0 Å². The van der Waals surface area contributed by atoms with Gasteiger partial charge in [-0.15, -0.1) is 11.8 Å². The molecule has 0 aliphatic carbocycles. The molecule has 2 nitrogen and oxygen atoms in total. The van der Waals surface area contributed by atoms with Crippen molar-refractivity contribution < 1.29 is 4.79 Å². The highest BCUT2D eigenvalue weighted by Crippen LogP contribution is 2.39. The molecular formula is C18H27NOS. The molecule has 0 N–H and O–H groups in total. The zero-order chi connectivity index (χ0) is 15.6. The highest BCUT2D eigenvalue weighted by Gasteiger charge is 2.32. The Hall–Kier alpha value is -0.960. The summed E-state index contributed by atoms with van der Waals surface area (Å²) in [4.78, 5) is 14.6. The van der Waals surface area contributed by atoms with Crippen LogP contribution in [0.25, 0.3) is 0 Å². The van der Waals surface area contributed by atoms with Gasteiger partial charge < -0.3 is 4.90 Å². The van der Waals surface area contributed by atoms with Gasteiger partial charge in [0.25, 0.3) is 0 Å². The summed E-state index contributed by atoms with van der Waals surface area (Å²) < 4.78 is 0. The van der Waals surface area contributed by atoms with Crippen LogP contribution in [0.4, 0.5) is 0 Å². The van der Waals surface area contributed by atoms with Gasteiger partial charge in [-0.2, -0.15) is 0 Å². The number of nitrogens with zero attached hydrogens (tertiary/aromatic N) is 1. The van der Waals surface area contributed by atoms with Gasteiger partial charge in [-0.1, -0.05) is 58.9 Å². The van der Waals surface area contributed by atoms with Crippen LogP contribution < -0.4 is 0 Å². The normalized spacial score (nSPS) is 19.3. The third-order valence-electron chi connectivity index (χ3n) is 3.78. The molecule has 0 radical (unpaired) electrons. The molecule has 0 saturated carbocycles. The Balaban J connectivity index is 2.13. The number of rotatable bonds is 3. The van der Waals surface area contributed by atoms with Gasteiger partial charge in [0.1, 0.15) is 5.37 Å². The van der Waals surface area contributed by atoms with E-state index in [1.165, 1.54) is 11.1 Å². The Morgan fingerprint density at radius 2 is 1.90 bits per heavy atom. The van der Waals surface area contributed by atoms with Gasteiger partial charge in [0.2, 0.25) is 5.91 Å². The van der Waals surface area contributed by atoms with E-state index in [-0.39, 0.29) is 16.7 Å². The molecule has 1 unspecified atom stereocenters. The first kappa shape index (κ1) is 16.4. The first-order valence-electron chi connectivity index (χ1n) is 7.79. The van der Waals surface area contributed by atoms with E-state index in [0.717, 1.165) is 12.3 Å². The van der Waals surface area contributed by atoms with Crippen LogP contribution in [0, 0.1) is 5.41 Å². The van der Waals surface area contributed by atoms with Gasteiger partial charge in [-0.05, 0) is 22.5 Å². The maximum Gasteiger partial charge on any atom is 0.224 e. The Morgan fingerprint density at radius 1 is 1.29 bits per heavy atom. The summed E-state index contributed by atoms with van der Waals surface area (Å²) in [6.07, 6.45) is 0.619. The van der Waals surface area contributed by atoms with E-state index in [1.54, 1.807) is 0 Å². The number of carbonyl (C=O) groups excluding carboxylic acids is 1. The first-order valence-corrected chi connectivity index (χ1v) is 8.84. The minimum absolute atomic E-state index is 0.0520. The number of thioether (sulfide) groups is 1. The molecule has 1 aliphatic rings. The molecule has 1 aromatic carbocycles. The summed E-state index contributed by atoms with van der Waals surface area (Å²) in [5.41, 5.74) is 2.66. The van der Waals surface area contributed by atoms with Crippen LogP contribution in [0.5, 0.6) is 0 Å². The lowest BCUT2D eigenvalue weighted by atomic mass is 9.91. The van der Waals surface area contributed by atoms with Crippen molar-refractivity contribution in [3.8, 4) is 0 Å². The zero-order valence-electron chi connectivity index (χ0n) is 13.8. The second-order valence-corrected chi connectivity index (χ2v) is 8.56. The Labute approximate surface area is 133 Å². The number of benzene rings is 1. The van der Waals surface area contributed by atoms with E-state index in [1.807, 2.05) is 11.8 Å². The Morgan fingerprint density at radius 3 is 2.43 bits per heavy atom. The first-order chi connectivity index (χ1) is 9.78. The lowest BCUT2D eigenvalue weighted by Gasteiger charge is -2.28. The monoisotopic (exact) mass is 305 g/mol. The summed E-state index contributed by atoms with van der Waals surface area (Å²) in [7, 11) is 0. The van der Waals surface area contributed by atoms with Gasteiger partial charge in [-0.3, -0.25) is 4.79 Å². The summed E-state index contributed by atoms with van der Waals surface area (Å²) in [6, 6.07) is 8.78. The van der Waals surface area contributed by atoms with Gasteiger partial charge in [0.05, 0.1) is 0 Å². The van der Waals surface area contributed by atoms with E-state index in [9.17, 15) is 4.79 Å². The second kappa shape index (κ2) is 6.43. The summed E-state index contributed by atoms with van der Waals surface area (Å²) >= 11 is 1.88. The average Bonchev–Trinajstić information content (AvgIpc) is 2.86. The fourth-order valence-corrected chi connectivity index (χ4v) is 3.88. The third kappa shape index (κ3) is 4.26. The van der Waals surface area contributed by atoms with Crippen LogP contribution in [0.1, 0.15) is 63.5 Å². The van der Waals surface area contributed by atoms with Crippen molar-refractivity contribution in [3.05, 3.63) is 35.4 Å². The van der Waals surface area contributed by atoms with Crippen LogP contribution in [0.3, 0.4) is 0 Å². The second-order valence-electron chi connectivity index (χ2n) is 7.37. The van der Waals surface area contributed by atoms with Gasteiger partial charge >= 0.3 is 0 Å². The molecule has 0 spiro atoms. The Kier molecular flexibility index (Phi) is 5.03. The van der Waals surface area contributed by atoms with Crippen LogP contribution in [0.2, 0.25) is 0 Å². The summed E-state index contributed by atoms with van der Waals surface area (Å²) in [6.45, 7) is 11.7. The van der Waals surface area contributed by atoms with Crippen LogP contribution in [-0.4, -0.2) is 23.1 Å². The number of hydrogen-bond donors (Lipinski definition) is 0. The molecule has 0 aromatic heterocycles. The van der Waals surface area contributed by atoms with Crippen molar-refractivity contribution >= 4 is 17.7 Å². The summed E-state index contributed by atoms with van der Waals surface area (Å²) in [5.74, 6) is 1.87. The molecule has 1 saturated heterocycles. The SMILES string of the molecule is CC(C)c1ccc(C2SCCN2C(=O)CC(C)(C)C)cc1. The van der Waals surface area contributed by atoms with E-state index < -0.39 is 0 Å². The van der Waals surface area contributed by atoms with E-state index in [2.05, 4.69) is 63.8 Å². The molecule has 1 fully saturated rings. The molecule has 116 valence electrons. The largest absolute Gasteiger partial charge is 0.326 e. The van der Waals surface area contributed by atoms with Crippen molar-refractivity contribution in [1.29, 1.82) is 0 Å². The molecule has 2 rings (SSSR count). The average molecular weight is 305 g/mol. The molecule has 1 heterocycles. The van der Waals surface area contributed by atoms with Crippen molar-refractivity contribution in [2.75, 3.05) is 12.3 Å². The fourth-order valence-electron chi connectivity index (χ4n) is 2.60. The van der Waals surface area contributed by atoms with Crippen LogP contribution in [0.15, 0.2) is 24.3 Å². The predicted molar refractivity (Wildman–Crippen MR) is 91.5 cm³/mol. The van der Waals surface area contributed by atoms with E-state index in [4.69, 9.17) is 0 Å². The molecule has 1 amide bonds. The molecule has 1 atom stereocenters. The molecule has 21 heavy (non-hydrogen) atoms. The Bertz CT molecular complexity index is 487. The quantitative estimate of drug-likeness (QED) is 0.798. The van der Waals surface area contributed by atoms with Gasteiger partial charge in [0.15, 0.2) is 0 Å². The van der Waals surface area contributed by atoms with Crippen LogP contribution in [-0.2, 0) is 4.79 Å². The van der Waals surface area contributed by atoms with Crippen LogP contribution >= 0.6 is 11.8 Å². The minimum atomic E-state index is 0.0520. The smallest absolute Gasteiger partial charge is 0.224 e. The summed E-state index contributed by atoms with van der Waals surface area (Å²) in [5, 5.41) is 0.195. The van der Waals surface area contributed by atoms with Gasteiger partial charge in [0, 0.05) is 18.7 Å². The van der Waals surface area contributed by atoms with Crippen molar-refractivity contribution in [3.63, 3.8) is 0 Å². The molecular weight excluding hydrogens is 278 g/mol. The van der Waals surface area contributed by atoms with Crippen molar-refractivity contribution in [2.24, 2.45) is 5.41 Å². The predicted octanol–water partition coefficient (Wildman–Crippen LogP) is 4.82. The molecule has 0 bridgehead atoms. The molecule has 1 aromatic rings.